The molecule has 352 valence electrons. The Labute approximate surface area is 364 Å². The van der Waals surface area contributed by atoms with E-state index in [1.807, 2.05) is 43.3 Å². The molecule has 10 N–H and O–H groups in total. The SMILES string of the molecule is CCCCC(=O)c1cccc(-c2ccc(OCC(=O)CCCCO[C@@H]3OC(CO)[C@@H](O[C@@H]4OC(CO)[C@H](O)[C@H](O[C@H]5OC(CO)[C@H](O)[C@H](O)C5O)C4O)[C@H](O)C3NC(C)=O)cc2)c1. The first kappa shape index (κ1) is 50.4. The molecule has 6 unspecified atom stereocenters. The molecule has 63 heavy (non-hydrogen) atoms. The van der Waals surface area contributed by atoms with Gasteiger partial charge in [-0.05, 0) is 48.6 Å². The molecule has 2 aromatic rings. The second-order valence-corrected chi connectivity index (χ2v) is 15.8. The zero-order valence-electron chi connectivity index (χ0n) is 35.2. The summed E-state index contributed by atoms with van der Waals surface area (Å²) in [7, 11) is 0. The van der Waals surface area contributed by atoms with Gasteiger partial charge in [0.25, 0.3) is 0 Å². The maximum absolute atomic E-state index is 12.7. The number of aliphatic hydroxyl groups excluding tert-OH is 9. The van der Waals surface area contributed by atoms with Crippen LogP contribution in [0.25, 0.3) is 11.1 Å². The lowest BCUT2D eigenvalue weighted by molar-refractivity contribution is -0.376. The molecule has 0 saturated carbocycles. The van der Waals surface area contributed by atoms with E-state index in [-0.39, 0.29) is 31.2 Å². The first-order valence-corrected chi connectivity index (χ1v) is 21.2. The van der Waals surface area contributed by atoms with Crippen molar-refractivity contribution in [3.8, 4) is 16.9 Å². The van der Waals surface area contributed by atoms with Gasteiger partial charge >= 0.3 is 0 Å². The normalized spacial score (nSPS) is 33.4. The third kappa shape index (κ3) is 13.1. The van der Waals surface area contributed by atoms with E-state index in [0.717, 1.165) is 24.0 Å². The van der Waals surface area contributed by atoms with Gasteiger partial charge in [0, 0.05) is 31.9 Å². The zero-order chi connectivity index (χ0) is 45.8. The van der Waals surface area contributed by atoms with Crippen LogP contribution in [-0.4, -0.2) is 189 Å². The monoisotopic (exact) mass is 895 g/mol. The fraction of sp³-hybridized carbons (Fsp3) is 0.651. The quantitative estimate of drug-likeness (QED) is 0.0473. The average Bonchev–Trinajstić information content (AvgIpc) is 3.28. The van der Waals surface area contributed by atoms with Crippen LogP contribution in [0.4, 0.5) is 0 Å². The molecule has 15 atom stereocenters. The van der Waals surface area contributed by atoms with Crippen molar-refractivity contribution in [3.05, 3.63) is 54.1 Å². The number of aliphatic hydroxyl groups is 9. The molecule has 3 fully saturated rings. The van der Waals surface area contributed by atoms with Crippen LogP contribution in [0.15, 0.2) is 48.5 Å². The third-order valence-corrected chi connectivity index (χ3v) is 11.1. The predicted octanol–water partition coefficient (Wildman–Crippen LogP) is -1.55. The largest absolute Gasteiger partial charge is 0.486 e. The Kier molecular flexibility index (Phi) is 19.3. The molecule has 1 amide bonds. The Morgan fingerprint density at radius 1 is 0.651 bits per heavy atom. The molecule has 3 aliphatic rings. The van der Waals surface area contributed by atoms with Crippen LogP contribution >= 0.6 is 0 Å². The molecule has 0 bridgehead atoms. The van der Waals surface area contributed by atoms with Crippen LogP contribution < -0.4 is 10.1 Å². The number of carbonyl (C=O) groups is 3. The Balaban J connectivity index is 1.11. The second-order valence-electron chi connectivity index (χ2n) is 15.8. The fourth-order valence-electron chi connectivity index (χ4n) is 7.54. The first-order valence-electron chi connectivity index (χ1n) is 21.2. The van der Waals surface area contributed by atoms with Crippen LogP contribution in [0, 0.1) is 0 Å². The number of hydrogen-bond donors (Lipinski definition) is 10. The lowest BCUT2D eigenvalue weighted by atomic mass is 9.95. The molecule has 0 aliphatic carbocycles. The summed E-state index contributed by atoms with van der Waals surface area (Å²) < 4.78 is 39.9. The van der Waals surface area contributed by atoms with Crippen LogP contribution in [0.3, 0.4) is 0 Å². The van der Waals surface area contributed by atoms with Crippen molar-refractivity contribution in [2.45, 2.75) is 144 Å². The van der Waals surface area contributed by atoms with Gasteiger partial charge in [-0.2, -0.15) is 0 Å². The highest BCUT2D eigenvalue weighted by Crippen LogP contribution is 2.33. The van der Waals surface area contributed by atoms with Gasteiger partial charge in [0.2, 0.25) is 5.91 Å². The van der Waals surface area contributed by atoms with Crippen LogP contribution in [0.5, 0.6) is 5.75 Å². The van der Waals surface area contributed by atoms with Crippen molar-refractivity contribution in [3.63, 3.8) is 0 Å². The summed E-state index contributed by atoms with van der Waals surface area (Å²) in [6.07, 6.45) is -20.2. The summed E-state index contributed by atoms with van der Waals surface area (Å²) in [5.41, 5.74) is 2.45. The van der Waals surface area contributed by atoms with E-state index in [1.54, 1.807) is 12.1 Å². The minimum absolute atomic E-state index is 0.00956. The van der Waals surface area contributed by atoms with E-state index in [9.17, 15) is 60.3 Å². The molecule has 0 aromatic heterocycles. The molecular formula is C43H61NO19. The van der Waals surface area contributed by atoms with Gasteiger partial charge in [0.05, 0.1) is 19.8 Å². The summed E-state index contributed by atoms with van der Waals surface area (Å²) in [5, 5.41) is 96.7. The number of ether oxygens (including phenoxy) is 7. The average molecular weight is 896 g/mol. The van der Waals surface area contributed by atoms with Gasteiger partial charge in [-0.25, -0.2) is 0 Å². The summed E-state index contributed by atoms with van der Waals surface area (Å²) >= 11 is 0. The maximum Gasteiger partial charge on any atom is 0.217 e. The van der Waals surface area contributed by atoms with Gasteiger partial charge in [0.1, 0.15) is 85.5 Å². The molecule has 2 aromatic carbocycles. The van der Waals surface area contributed by atoms with Gasteiger partial charge < -0.3 is 84.4 Å². The summed E-state index contributed by atoms with van der Waals surface area (Å²) in [4.78, 5) is 37.4. The number of nitrogens with one attached hydrogen (secondary N) is 1. The van der Waals surface area contributed by atoms with Crippen molar-refractivity contribution < 1.29 is 93.5 Å². The molecule has 5 rings (SSSR count). The lowest BCUT2D eigenvalue weighted by Gasteiger charge is -2.48. The molecule has 3 aliphatic heterocycles. The number of ketones is 2. The van der Waals surface area contributed by atoms with Crippen molar-refractivity contribution in [1.82, 2.24) is 5.32 Å². The molecule has 20 nitrogen and oxygen atoms in total. The molecule has 20 heteroatoms. The molecule has 3 heterocycles. The smallest absolute Gasteiger partial charge is 0.217 e. The van der Waals surface area contributed by atoms with E-state index in [4.69, 9.17) is 33.2 Å². The number of hydrogen-bond acceptors (Lipinski definition) is 19. The number of Topliss-reactive ketones (excluding diaryl/α,β-unsaturated/α-hetero) is 2. The number of amides is 1. The highest BCUT2D eigenvalue weighted by molar-refractivity contribution is 5.97. The summed E-state index contributed by atoms with van der Waals surface area (Å²) in [6.45, 7) is 0.674. The number of benzene rings is 2. The number of unbranched alkanes of at least 4 members (excludes halogenated alkanes) is 2. The van der Waals surface area contributed by atoms with Crippen molar-refractivity contribution in [1.29, 1.82) is 0 Å². The number of carbonyl (C=O) groups excluding carboxylic acids is 3. The topological polar surface area (TPSA) is 310 Å². The van der Waals surface area contributed by atoms with Crippen molar-refractivity contribution in [2.75, 3.05) is 33.0 Å². The minimum Gasteiger partial charge on any atom is -0.486 e. The van der Waals surface area contributed by atoms with Gasteiger partial charge in [-0.1, -0.05) is 43.7 Å². The maximum atomic E-state index is 12.7. The van der Waals surface area contributed by atoms with Crippen LogP contribution in [0.1, 0.15) is 62.7 Å². The second kappa shape index (κ2) is 24.1. The number of rotatable bonds is 22. The molecule has 0 radical (unpaired) electrons. The predicted molar refractivity (Wildman–Crippen MR) is 217 cm³/mol. The highest BCUT2D eigenvalue weighted by atomic mass is 16.8. The van der Waals surface area contributed by atoms with Gasteiger partial charge in [-0.3, -0.25) is 14.4 Å². The van der Waals surface area contributed by atoms with Crippen LogP contribution in [-0.2, 0) is 38.0 Å². The lowest BCUT2D eigenvalue weighted by Crippen LogP contribution is -2.68. The van der Waals surface area contributed by atoms with Crippen molar-refractivity contribution >= 4 is 17.5 Å². The molecule has 3 saturated heterocycles. The summed E-state index contributed by atoms with van der Waals surface area (Å²) in [6, 6.07) is 13.4. The van der Waals surface area contributed by atoms with Crippen molar-refractivity contribution in [2.24, 2.45) is 0 Å². The Bertz CT molecular complexity index is 1750. The Morgan fingerprint density at radius 2 is 1.29 bits per heavy atom. The van der Waals surface area contributed by atoms with E-state index in [2.05, 4.69) is 5.32 Å². The molecule has 0 spiro atoms. The Hall–Kier alpha value is -3.55. The van der Waals surface area contributed by atoms with Gasteiger partial charge in [0.15, 0.2) is 30.4 Å². The van der Waals surface area contributed by atoms with E-state index >= 15 is 0 Å². The third-order valence-electron chi connectivity index (χ3n) is 11.1. The first-order chi connectivity index (χ1) is 30.2. The van der Waals surface area contributed by atoms with E-state index in [0.29, 0.717) is 30.6 Å². The van der Waals surface area contributed by atoms with Crippen LogP contribution in [0.2, 0.25) is 0 Å². The van der Waals surface area contributed by atoms with E-state index in [1.165, 1.54) is 6.92 Å². The van der Waals surface area contributed by atoms with Gasteiger partial charge in [-0.15, -0.1) is 0 Å². The summed E-state index contributed by atoms with van der Waals surface area (Å²) in [5.74, 6) is -0.151. The Morgan fingerprint density at radius 3 is 1.94 bits per heavy atom. The fourth-order valence-corrected chi connectivity index (χ4v) is 7.54. The van der Waals surface area contributed by atoms with E-state index < -0.39 is 118 Å². The standard InChI is InChI=1S/C43H61NO19/c1-3-4-11-28(50)25-9-7-8-24(17-25)23-12-14-27(15-13-23)58-21-26(49)10-5-6-16-57-41-32(44-22(2)48)35(53)39(31(20-47)61-41)62-43-38(56)40(34(52)30(19-46)60-43)63-42-37(55)36(54)33(51)29(18-45)59-42/h7-9,12-15,17,29-43,45-47,51-56H,3-6,10-11,16,18-21H2,1-2H3,(H,44,48)/t29?,30?,31?,32?,33-,34-,35+,36-,37?,38?,39+,40-,41+,42+,43-/m0/s1. The molecular weight excluding hydrogens is 834 g/mol. The highest BCUT2D eigenvalue weighted by Gasteiger charge is 2.54. The zero-order valence-corrected chi connectivity index (χ0v) is 35.2. The minimum atomic E-state index is -1.95.